The molecule has 5 aliphatic rings. The van der Waals surface area contributed by atoms with E-state index in [1.54, 1.807) is 0 Å². The van der Waals surface area contributed by atoms with Crippen LogP contribution in [0.2, 0.25) is 0 Å². The lowest BCUT2D eigenvalue weighted by atomic mass is 9.63. The molecule has 3 fully saturated rings. The molecule has 4 nitrogen and oxygen atoms in total. The molecule has 2 bridgehead atoms. The van der Waals surface area contributed by atoms with Crippen LogP contribution in [0.5, 0.6) is 0 Å². The number of carbonyl (C=O) groups is 2. The Balaban J connectivity index is 1.74. The van der Waals surface area contributed by atoms with Gasteiger partial charge in [-0.1, -0.05) is 12.2 Å². The van der Waals surface area contributed by atoms with Crippen LogP contribution in [0.3, 0.4) is 0 Å². The third kappa shape index (κ3) is 1.03. The highest BCUT2D eigenvalue weighted by Crippen LogP contribution is 2.65. The van der Waals surface area contributed by atoms with E-state index in [0.717, 1.165) is 0 Å². The molecule has 17 heavy (non-hydrogen) atoms. The van der Waals surface area contributed by atoms with E-state index in [1.165, 1.54) is 11.3 Å². The third-order valence-electron chi connectivity index (χ3n) is 5.08. The van der Waals surface area contributed by atoms with E-state index in [2.05, 4.69) is 12.2 Å². The Morgan fingerprint density at radius 1 is 1.12 bits per heavy atom. The highest BCUT2D eigenvalue weighted by atomic mass is 16.3. The zero-order valence-corrected chi connectivity index (χ0v) is 9.45. The summed E-state index contributed by atoms with van der Waals surface area (Å²) in [5, 5.41) is 8.94. The molecular formula is C13H15NO3. The molecule has 0 aromatic rings. The average molecular weight is 233 g/mol. The van der Waals surface area contributed by atoms with Gasteiger partial charge in [0.1, 0.15) is 0 Å². The minimum Gasteiger partial charge on any atom is -0.395 e. The van der Waals surface area contributed by atoms with Crippen molar-refractivity contribution in [2.24, 2.45) is 35.5 Å². The summed E-state index contributed by atoms with van der Waals surface area (Å²) < 4.78 is 0. The van der Waals surface area contributed by atoms with Crippen molar-refractivity contribution in [3.8, 4) is 0 Å². The molecule has 0 aromatic carbocycles. The molecule has 2 saturated carbocycles. The summed E-state index contributed by atoms with van der Waals surface area (Å²) in [5.74, 6) is 1.55. The SMILES string of the molecule is O=C1[C@@H]2[C@@H]3C=C[C@@H]([C@H]4C[C@H]34)[C@@H]2C(=O)N1CCO. The van der Waals surface area contributed by atoms with Gasteiger partial charge < -0.3 is 5.11 Å². The fourth-order valence-corrected chi connectivity index (χ4v) is 4.34. The van der Waals surface area contributed by atoms with Crippen LogP contribution in [-0.4, -0.2) is 35.0 Å². The smallest absolute Gasteiger partial charge is 0.233 e. The topological polar surface area (TPSA) is 57.6 Å². The predicted molar refractivity (Wildman–Crippen MR) is 58.5 cm³/mol. The average Bonchev–Trinajstić information content (AvgIpc) is 3.11. The minimum absolute atomic E-state index is 0.0428. The molecule has 2 amide bonds. The van der Waals surface area contributed by atoms with Crippen molar-refractivity contribution in [1.82, 2.24) is 4.90 Å². The van der Waals surface area contributed by atoms with Gasteiger partial charge in [0.2, 0.25) is 11.8 Å². The Morgan fingerprint density at radius 3 is 2.12 bits per heavy atom. The first-order valence-corrected chi connectivity index (χ1v) is 6.38. The van der Waals surface area contributed by atoms with Gasteiger partial charge in [0.25, 0.3) is 0 Å². The Hall–Kier alpha value is -1.16. The first-order valence-electron chi connectivity index (χ1n) is 6.38. The van der Waals surface area contributed by atoms with E-state index in [-0.39, 0.29) is 48.6 Å². The quantitative estimate of drug-likeness (QED) is 0.541. The summed E-state index contributed by atoms with van der Waals surface area (Å²) in [6, 6.07) is 0. The number of carbonyl (C=O) groups excluding carboxylic acids is 2. The highest BCUT2D eigenvalue weighted by Gasteiger charge is 2.66. The van der Waals surface area contributed by atoms with E-state index in [1.807, 2.05) is 0 Å². The van der Waals surface area contributed by atoms with Gasteiger partial charge in [-0.2, -0.15) is 0 Å². The number of β-amino-alcohol motifs (C(OH)–C–C–N with tert-alkyl or cyclic N) is 1. The first-order chi connectivity index (χ1) is 8.24. The van der Waals surface area contributed by atoms with Crippen molar-refractivity contribution in [3.05, 3.63) is 12.2 Å². The fraction of sp³-hybridized carbons (Fsp3) is 0.692. The monoisotopic (exact) mass is 233 g/mol. The van der Waals surface area contributed by atoms with Gasteiger partial charge in [-0.25, -0.2) is 0 Å². The molecule has 6 atom stereocenters. The van der Waals surface area contributed by atoms with Crippen LogP contribution in [0.15, 0.2) is 12.2 Å². The second-order valence-electron chi connectivity index (χ2n) is 5.71. The Kier molecular flexibility index (Phi) is 1.73. The van der Waals surface area contributed by atoms with Crippen molar-refractivity contribution < 1.29 is 14.7 Å². The van der Waals surface area contributed by atoms with Crippen LogP contribution in [0.25, 0.3) is 0 Å². The summed E-state index contributed by atoms with van der Waals surface area (Å²) in [6.07, 6.45) is 5.51. The van der Waals surface area contributed by atoms with Crippen LogP contribution in [-0.2, 0) is 9.59 Å². The Bertz CT molecular complexity index is 408. The maximum atomic E-state index is 12.3. The molecule has 90 valence electrons. The van der Waals surface area contributed by atoms with Crippen molar-refractivity contribution in [2.75, 3.05) is 13.2 Å². The number of amides is 2. The number of nitrogens with zero attached hydrogens (tertiary/aromatic N) is 1. The van der Waals surface area contributed by atoms with Gasteiger partial charge >= 0.3 is 0 Å². The Labute approximate surface area is 99.3 Å². The minimum atomic E-state index is -0.132. The lowest BCUT2D eigenvalue weighted by Gasteiger charge is -2.37. The third-order valence-corrected chi connectivity index (χ3v) is 5.08. The second kappa shape index (κ2) is 2.99. The van der Waals surface area contributed by atoms with Crippen molar-refractivity contribution >= 4 is 11.8 Å². The summed E-state index contributed by atoms with van der Waals surface area (Å²) in [5.41, 5.74) is 0. The molecule has 1 saturated heterocycles. The van der Waals surface area contributed by atoms with Crippen molar-refractivity contribution in [3.63, 3.8) is 0 Å². The molecule has 0 aromatic heterocycles. The summed E-state index contributed by atoms with van der Waals surface area (Å²) >= 11 is 0. The number of hydrogen-bond donors (Lipinski definition) is 1. The number of aliphatic hydroxyl groups excluding tert-OH is 1. The maximum absolute atomic E-state index is 12.3. The van der Waals surface area contributed by atoms with Crippen LogP contribution in [0.4, 0.5) is 0 Å². The predicted octanol–water partition coefficient (Wildman–Crippen LogP) is 0.0318. The molecule has 0 radical (unpaired) electrons. The molecule has 0 unspecified atom stereocenters. The standard InChI is InChI=1S/C13H15NO3/c15-4-3-14-12(16)10-6-1-2-7(9-5-8(6)9)11(10)13(14)17/h1-2,6-11,15H,3-5H2/t6-,7+,8-,9-,10-,11+/m1/s1. The molecule has 4 heteroatoms. The molecule has 1 aliphatic heterocycles. The van der Waals surface area contributed by atoms with Crippen LogP contribution < -0.4 is 0 Å². The molecule has 5 rings (SSSR count). The number of likely N-dealkylation sites (tertiary alicyclic amines) is 1. The molecule has 1 heterocycles. The summed E-state index contributed by atoms with van der Waals surface area (Å²) in [7, 11) is 0. The van der Waals surface area contributed by atoms with Gasteiger partial charge in [-0.3, -0.25) is 14.5 Å². The molecule has 0 spiro atoms. The second-order valence-corrected chi connectivity index (χ2v) is 5.71. The van der Waals surface area contributed by atoms with Gasteiger partial charge in [0, 0.05) is 0 Å². The Morgan fingerprint density at radius 2 is 1.65 bits per heavy atom. The van der Waals surface area contributed by atoms with Crippen LogP contribution in [0.1, 0.15) is 6.42 Å². The summed E-state index contributed by atoms with van der Waals surface area (Å²) in [4.78, 5) is 25.8. The lowest BCUT2D eigenvalue weighted by Crippen LogP contribution is -2.40. The number of hydrogen-bond acceptors (Lipinski definition) is 3. The van der Waals surface area contributed by atoms with E-state index >= 15 is 0 Å². The van der Waals surface area contributed by atoms with E-state index in [9.17, 15) is 9.59 Å². The maximum Gasteiger partial charge on any atom is 0.233 e. The lowest BCUT2D eigenvalue weighted by molar-refractivity contribution is -0.140. The highest BCUT2D eigenvalue weighted by molar-refractivity contribution is 6.06. The zero-order valence-electron chi connectivity index (χ0n) is 9.45. The normalized spacial score (nSPS) is 49.6. The van der Waals surface area contributed by atoms with Gasteiger partial charge in [-0.05, 0) is 30.1 Å². The van der Waals surface area contributed by atoms with E-state index in [4.69, 9.17) is 5.11 Å². The van der Waals surface area contributed by atoms with Crippen molar-refractivity contribution in [2.45, 2.75) is 6.42 Å². The number of imide groups is 1. The van der Waals surface area contributed by atoms with Gasteiger partial charge in [0.05, 0.1) is 25.0 Å². The molecule has 4 aliphatic carbocycles. The van der Waals surface area contributed by atoms with Crippen LogP contribution >= 0.6 is 0 Å². The number of aliphatic hydroxyl groups is 1. The first kappa shape index (κ1) is 9.83. The van der Waals surface area contributed by atoms with Gasteiger partial charge in [-0.15, -0.1) is 0 Å². The van der Waals surface area contributed by atoms with Crippen molar-refractivity contribution in [1.29, 1.82) is 0 Å². The molecule has 1 N–H and O–H groups in total. The fourth-order valence-electron chi connectivity index (χ4n) is 4.34. The van der Waals surface area contributed by atoms with E-state index < -0.39 is 0 Å². The summed E-state index contributed by atoms with van der Waals surface area (Å²) in [6.45, 7) is 0.0337. The molecular weight excluding hydrogens is 218 g/mol. The van der Waals surface area contributed by atoms with E-state index in [0.29, 0.717) is 11.8 Å². The van der Waals surface area contributed by atoms with Gasteiger partial charge in [0.15, 0.2) is 0 Å². The number of rotatable bonds is 2. The number of allylic oxidation sites excluding steroid dienone is 2. The van der Waals surface area contributed by atoms with Crippen LogP contribution in [0, 0.1) is 35.5 Å². The zero-order chi connectivity index (χ0) is 11.7. The largest absolute Gasteiger partial charge is 0.395 e.